The Labute approximate surface area is 120 Å². The van der Waals surface area contributed by atoms with Gasteiger partial charge in [-0.2, -0.15) is 0 Å². The van der Waals surface area contributed by atoms with Gasteiger partial charge >= 0.3 is 0 Å². The third-order valence-corrected chi connectivity index (χ3v) is 4.76. The Balaban J connectivity index is 1.75. The van der Waals surface area contributed by atoms with Crippen molar-refractivity contribution in [1.82, 2.24) is 5.32 Å². The maximum Gasteiger partial charge on any atom is 0.214 e. The summed E-state index contributed by atoms with van der Waals surface area (Å²) in [6, 6.07) is 19.7. The SMILES string of the molecule is O=P(O)(CCc1ccccc1)CNCc1ccccc1. The quantitative estimate of drug-likeness (QED) is 0.769. The molecule has 2 aromatic rings. The lowest BCUT2D eigenvalue weighted by Gasteiger charge is -2.12. The zero-order chi connectivity index (χ0) is 14.3. The summed E-state index contributed by atoms with van der Waals surface area (Å²) in [5, 5.41) is 3.07. The first kappa shape index (κ1) is 15.0. The van der Waals surface area contributed by atoms with E-state index in [4.69, 9.17) is 0 Å². The fourth-order valence-corrected chi connectivity index (χ4v) is 3.23. The van der Waals surface area contributed by atoms with Crippen molar-refractivity contribution in [2.45, 2.75) is 13.0 Å². The predicted molar refractivity (Wildman–Crippen MR) is 83.0 cm³/mol. The van der Waals surface area contributed by atoms with Gasteiger partial charge < -0.3 is 10.2 Å². The minimum Gasteiger partial charge on any atom is -0.343 e. The van der Waals surface area contributed by atoms with Crippen LogP contribution in [-0.4, -0.2) is 17.3 Å². The third-order valence-electron chi connectivity index (χ3n) is 3.12. The summed E-state index contributed by atoms with van der Waals surface area (Å²) in [6.45, 7) is 0.622. The van der Waals surface area contributed by atoms with Gasteiger partial charge in [0.1, 0.15) is 0 Å². The van der Waals surface area contributed by atoms with Crippen LogP contribution in [0.4, 0.5) is 0 Å². The summed E-state index contributed by atoms with van der Waals surface area (Å²) in [5.74, 6) is 0. The minimum absolute atomic E-state index is 0.161. The molecule has 0 aliphatic heterocycles. The molecule has 0 bridgehead atoms. The molecular formula is C16H20NO2P. The molecule has 0 radical (unpaired) electrons. The van der Waals surface area contributed by atoms with Crippen LogP contribution in [0.2, 0.25) is 0 Å². The molecule has 0 aromatic heterocycles. The summed E-state index contributed by atoms with van der Waals surface area (Å²) in [5.41, 5.74) is 2.22. The normalized spacial score (nSPS) is 13.8. The van der Waals surface area contributed by atoms with Crippen LogP contribution in [0, 0.1) is 0 Å². The van der Waals surface area contributed by atoms with Gasteiger partial charge in [-0.15, -0.1) is 0 Å². The molecule has 20 heavy (non-hydrogen) atoms. The average molecular weight is 289 g/mol. The first-order valence-corrected chi connectivity index (χ1v) is 8.78. The maximum atomic E-state index is 12.1. The topological polar surface area (TPSA) is 49.3 Å². The van der Waals surface area contributed by atoms with E-state index in [-0.39, 0.29) is 6.29 Å². The van der Waals surface area contributed by atoms with Gasteiger partial charge in [0.2, 0.25) is 7.37 Å². The number of aryl methyl sites for hydroxylation is 1. The molecular weight excluding hydrogens is 269 g/mol. The predicted octanol–water partition coefficient (Wildman–Crippen LogP) is 3.25. The maximum absolute atomic E-state index is 12.1. The number of benzene rings is 2. The highest BCUT2D eigenvalue weighted by Gasteiger charge is 2.17. The van der Waals surface area contributed by atoms with E-state index in [1.807, 2.05) is 60.7 Å². The van der Waals surface area contributed by atoms with Gasteiger partial charge in [0.15, 0.2) is 0 Å². The monoisotopic (exact) mass is 289 g/mol. The van der Waals surface area contributed by atoms with E-state index in [2.05, 4.69) is 5.32 Å². The molecule has 106 valence electrons. The van der Waals surface area contributed by atoms with E-state index < -0.39 is 7.37 Å². The molecule has 0 fully saturated rings. The molecule has 2 rings (SSSR count). The third kappa shape index (κ3) is 5.30. The highest BCUT2D eigenvalue weighted by atomic mass is 31.2. The van der Waals surface area contributed by atoms with Gasteiger partial charge in [0.05, 0.1) is 6.29 Å². The molecule has 0 amide bonds. The van der Waals surface area contributed by atoms with Gasteiger partial charge in [-0.3, -0.25) is 4.57 Å². The van der Waals surface area contributed by atoms with E-state index in [1.54, 1.807) is 0 Å². The molecule has 0 saturated carbocycles. The van der Waals surface area contributed by atoms with E-state index in [0.29, 0.717) is 19.1 Å². The van der Waals surface area contributed by atoms with Crippen molar-refractivity contribution < 1.29 is 9.46 Å². The van der Waals surface area contributed by atoms with Crippen LogP contribution in [0.1, 0.15) is 11.1 Å². The zero-order valence-corrected chi connectivity index (χ0v) is 12.3. The second kappa shape index (κ2) is 7.39. The first-order chi connectivity index (χ1) is 9.66. The summed E-state index contributed by atoms with van der Waals surface area (Å²) in [6.07, 6.45) is 1.12. The largest absolute Gasteiger partial charge is 0.343 e. The van der Waals surface area contributed by atoms with Crippen molar-refractivity contribution >= 4 is 7.37 Å². The van der Waals surface area contributed by atoms with Crippen LogP contribution in [0.5, 0.6) is 0 Å². The number of hydrogen-bond donors (Lipinski definition) is 2. The lowest BCUT2D eigenvalue weighted by atomic mass is 10.2. The van der Waals surface area contributed by atoms with Crippen LogP contribution in [0.3, 0.4) is 0 Å². The fraction of sp³-hybridized carbons (Fsp3) is 0.250. The number of nitrogens with one attached hydrogen (secondary N) is 1. The van der Waals surface area contributed by atoms with Crippen molar-refractivity contribution in [2.75, 3.05) is 12.4 Å². The molecule has 0 aliphatic carbocycles. The molecule has 0 spiro atoms. The van der Waals surface area contributed by atoms with E-state index in [0.717, 1.165) is 11.1 Å². The van der Waals surface area contributed by atoms with Gasteiger partial charge in [0.25, 0.3) is 0 Å². The van der Waals surface area contributed by atoms with Crippen molar-refractivity contribution in [3.8, 4) is 0 Å². The van der Waals surface area contributed by atoms with E-state index >= 15 is 0 Å². The Morgan fingerprint density at radius 1 is 0.900 bits per heavy atom. The number of rotatable bonds is 7. The van der Waals surface area contributed by atoms with Crippen molar-refractivity contribution in [3.63, 3.8) is 0 Å². The lowest BCUT2D eigenvalue weighted by molar-refractivity contribution is 0.470. The van der Waals surface area contributed by atoms with Crippen molar-refractivity contribution in [2.24, 2.45) is 0 Å². The summed E-state index contributed by atoms with van der Waals surface area (Å²) in [4.78, 5) is 9.95. The summed E-state index contributed by atoms with van der Waals surface area (Å²) < 4.78 is 12.1. The molecule has 4 heteroatoms. The van der Waals surface area contributed by atoms with Gasteiger partial charge in [0, 0.05) is 12.7 Å². The van der Waals surface area contributed by atoms with Crippen LogP contribution >= 0.6 is 7.37 Å². The van der Waals surface area contributed by atoms with Crippen molar-refractivity contribution in [1.29, 1.82) is 0 Å². The van der Waals surface area contributed by atoms with Gasteiger partial charge in [-0.05, 0) is 17.5 Å². The van der Waals surface area contributed by atoms with Crippen LogP contribution in [0.25, 0.3) is 0 Å². The lowest BCUT2D eigenvalue weighted by Crippen LogP contribution is -2.16. The Kier molecular flexibility index (Phi) is 5.54. The Morgan fingerprint density at radius 2 is 1.45 bits per heavy atom. The Hall–Kier alpha value is -1.41. The smallest absolute Gasteiger partial charge is 0.214 e. The number of hydrogen-bond acceptors (Lipinski definition) is 2. The molecule has 2 N–H and O–H groups in total. The van der Waals surface area contributed by atoms with Crippen LogP contribution in [0.15, 0.2) is 60.7 Å². The standard InChI is InChI=1S/C16H20NO2P/c18-20(19,12-11-15-7-3-1-4-8-15)14-17-13-16-9-5-2-6-10-16/h1-10,17H,11-14H2,(H,18,19). The van der Waals surface area contributed by atoms with Gasteiger partial charge in [-0.25, -0.2) is 0 Å². The molecule has 0 aliphatic rings. The second-order valence-corrected chi connectivity index (χ2v) is 7.33. The molecule has 0 heterocycles. The second-order valence-electron chi connectivity index (χ2n) is 4.88. The Bertz CT molecular complexity index is 557. The van der Waals surface area contributed by atoms with Crippen LogP contribution < -0.4 is 5.32 Å². The van der Waals surface area contributed by atoms with Crippen LogP contribution in [-0.2, 0) is 17.5 Å². The molecule has 2 aromatic carbocycles. The summed E-state index contributed by atoms with van der Waals surface area (Å²) >= 11 is 0. The summed E-state index contributed by atoms with van der Waals surface area (Å²) in [7, 11) is -3.11. The molecule has 1 atom stereocenters. The molecule has 3 nitrogen and oxygen atoms in total. The van der Waals surface area contributed by atoms with E-state index in [9.17, 15) is 9.46 Å². The van der Waals surface area contributed by atoms with Gasteiger partial charge in [-0.1, -0.05) is 60.7 Å². The van der Waals surface area contributed by atoms with E-state index in [1.165, 1.54) is 0 Å². The molecule has 0 saturated heterocycles. The molecule has 1 unspecified atom stereocenters. The fourth-order valence-electron chi connectivity index (χ4n) is 2.00. The van der Waals surface area contributed by atoms with Crippen molar-refractivity contribution in [3.05, 3.63) is 71.8 Å². The zero-order valence-electron chi connectivity index (χ0n) is 11.4. The highest BCUT2D eigenvalue weighted by molar-refractivity contribution is 7.57. The first-order valence-electron chi connectivity index (χ1n) is 6.75. The average Bonchev–Trinajstić information content (AvgIpc) is 2.47. The minimum atomic E-state index is -3.11. The highest BCUT2D eigenvalue weighted by Crippen LogP contribution is 2.39. The Morgan fingerprint density at radius 3 is 2.05 bits per heavy atom.